The van der Waals surface area contributed by atoms with E-state index in [1.54, 1.807) is 7.11 Å². The smallest absolute Gasteiger partial charge is 0.408 e. The first-order chi connectivity index (χ1) is 10.3. The molecule has 0 aliphatic carbocycles. The van der Waals surface area contributed by atoms with E-state index in [0.717, 1.165) is 11.1 Å². The highest BCUT2D eigenvalue weighted by Crippen LogP contribution is 2.13. The summed E-state index contributed by atoms with van der Waals surface area (Å²) in [7, 11) is 1.60. The van der Waals surface area contributed by atoms with Gasteiger partial charge in [-0.2, -0.15) is 0 Å². The number of hydrogen-bond donors (Lipinski definition) is 1. The number of benzene rings is 2. The lowest BCUT2D eigenvalue weighted by atomic mass is 10.1. The Morgan fingerprint density at radius 1 is 1.05 bits per heavy atom. The molecule has 0 unspecified atom stereocenters. The summed E-state index contributed by atoms with van der Waals surface area (Å²) in [5.74, 6) is 0. The molecule has 1 N–H and O–H groups in total. The average Bonchev–Trinajstić information content (AvgIpc) is 2.54. The van der Waals surface area contributed by atoms with Crippen molar-refractivity contribution in [1.29, 1.82) is 0 Å². The first-order valence-corrected chi connectivity index (χ1v) is 6.80. The van der Waals surface area contributed by atoms with Crippen LogP contribution in [0.3, 0.4) is 0 Å². The number of nitrogens with one attached hydrogen (secondary N) is 1. The van der Waals surface area contributed by atoms with E-state index in [9.17, 15) is 4.79 Å². The second kappa shape index (κ2) is 8.07. The second-order valence-electron chi connectivity index (χ2n) is 4.62. The van der Waals surface area contributed by atoms with Crippen molar-refractivity contribution in [3.05, 3.63) is 71.8 Å². The van der Waals surface area contributed by atoms with E-state index in [1.165, 1.54) is 0 Å². The molecule has 0 aromatic heterocycles. The Kier molecular flexibility index (Phi) is 5.79. The van der Waals surface area contributed by atoms with E-state index in [-0.39, 0.29) is 12.6 Å². The van der Waals surface area contributed by atoms with Crippen LogP contribution in [0.1, 0.15) is 17.2 Å². The Hall–Kier alpha value is -2.33. The number of ether oxygens (including phenoxy) is 2. The minimum Gasteiger partial charge on any atom is -0.445 e. The summed E-state index contributed by atoms with van der Waals surface area (Å²) in [5, 5.41) is 2.82. The number of carbonyl (C=O) groups excluding carboxylic acids is 1. The van der Waals surface area contributed by atoms with Gasteiger partial charge in [-0.3, -0.25) is 0 Å². The molecular formula is C17H19NO3. The van der Waals surface area contributed by atoms with Gasteiger partial charge in [0, 0.05) is 7.11 Å². The van der Waals surface area contributed by atoms with Crippen LogP contribution in [0, 0.1) is 0 Å². The maximum absolute atomic E-state index is 11.9. The van der Waals surface area contributed by atoms with Crippen molar-refractivity contribution in [2.24, 2.45) is 0 Å². The van der Waals surface area contributed by atoms with Crippen molar-refractivity contribution >= 4 is 6.09 Å². The Bertz CT molecular complexity index is 542. The largest absolute Gasteiger partial charge is 0.445 e. The number of methoxy groups -OCH3 is 1. The van der Waals surface area contributed by atoms with E-state index >= 15 is 0 Å². The number of alkyl carbamates (subject to hydrolysis) is 1. The van der Waals surface area contributed by atoms with Crippen LogP contribution in [-0.2, 0) is 16.1 Å². The minimum absolute atomic E-state index is 0.223. The average molecular weight is 285 g/mol. The Balaban J connectivity index is 1.89. The van der Waals surface area contributed by atoms with E-state index in [2.05, 4.69) is 5.32 Å². The maximum atomic E-state index is 11.9. The summed E-state index contributed by atoms with van der Waals surface area (Å²) >= 11 is 0. The fourth-order valence-corrected chi connectivity index (χ4v) is 1.98. The number of hydrogen-bond acceptors (Lipinski definition) is 3. The van der Waals surface area contributed by atoms with Gasteiger partial charge in [0.05, 0.1) is 12.6 Å². The molecule has 0 heterocycles. The van der Waals surface area contributed by atoms with E-state index < -0.39 is 6.09 Å². The fourth-order valence-electron chi connectivity index (χ4n) is 1.98. The molecule has 0 spiro atoms. The molecular weight excluding hydrogens is 266 g/mol. The predicted molar refractivity (Wildman–Crippen MR) is 80.8 cm³/mol. The van der Waals surface area contributed by atoms with Crippen molar-refractivity contribution < 1.29 is 14.3 Å². The summed E-state index contributed by atoms with van der Waals surface area (Å²) in [6, 6.07) is 19.0. The third-order valence-electron chi connectivity index (χ3n) is 3.04. The zero-order chi connectivity index (χ0) is 14.9. The molecule has 0 aliphatic rings. The topological polar surface area (TPSA) is 47.6 Å². The molecule has 2 aromatic carbocycles. The second-order valence-corrected chi connectivity index (χ2v) is 4.62. The zero-order valence-corrected chi connectivity index (χ0v) is 12.0. The molecule has 0 bridgehead atoms. The van der Waals surface area contributed by atoms with Gasteiger partial charge in [0.15, 0.2) is 0 Å². The van der Waals surface area contributed by atoms with Gasteiger partial charge < -0.3 is 14.8 Å². The minimum atomic E-state index is -0.454. The first kappa shape index (κ1) is 15.1. The molecule has 0 saturated carbocycles. The number of carbonyl (C=O) groups is 1. The highest BCUT2D eigenvalue weighted by molar-refractivity contribution is 5.68. The van der Waals surface area contributed by atoms with Crippen LogP contribution in [0.4, 0.5) is 4.79 Å². The molecule has 110 valence electrons. The Morgan fingerprint density at radius 3 is 2.29 bits per heavy atom. The molecule has 2 rings (SSSR count). The summed E-state index contributed by atoms with van der Waals surface area (Å²) in [6.45, 7) is 0.644. The van der Waals surface area contributed by atoms with Crippen LogP contribution < -0.4 is 5.32 Å². The maximum Gasteiger partial charge on any atom is 0.408 e. The van der Waals surface area contributed by atoms with Crippen molar-refractivity contribution in [2.75, 3.05) is 13.7 Å². The normalized spacial score (nSPS) is 11.7. The number of amides is 1. The lowest BCUT2D eigenvalue weighted by molar-refractivity contribution is 0.120. The highest BCUT2D eigenvalue weighted by Gasteiger charge is 2.15. The van der Waals surface area contributed by atoms with Gasteiger partial charge in [0.2, 0.25) is 0 Å². The molecule has 21 heavy (non-hydrogen) atoms. The molecule has 0 saturated heterocycles. The van der Waals surface area contributed by atoms with E-state index in [4.69, 9.17) is 9.47 Å². The van der Waals surface area contributed by atoms with Crippen LogP contribution in [0.5, 0.6) is 0 Å². The van der Waals surface area contributed by atoms with Crippen molar-refractivity contribution in [1.82, 2.24) is 5.32 Å². The summed E-state index contributed by atoms with van der Waals surface area (Å²) in [5.41, 5.74) is 1.94. The molecule has 0 aliphatic heterocycles. The van der Waals surface area contributed by atoms with Crippen molar-refractivity contribution in [3.63, 3.8) is 0 Å². The summed E-state index contributed by atoms with van der Waals surface area (Å²) in [4.78, 5) is 11.9. The third kappa shape index (κ3) is 4.93. The Morgan fingerprint density at radius 2 is 1.67 bits per heavy atom. The van der Waals surface area contributed by atoms with Gasteiger partial charge in [0.1, 0.15) is 6.61 Å². The Labute approximate surface area is 124 Å². The van der Waals surface area contributed by atoms with Crippen molar-refractivity contribution in [3.8, 4) is 0 Å². The SMILES string of the molecule is COC[C@H](NC(=O)OCc1ccccc1)c1ccccc1. The highest BCUT2D eigenvalue weighted by atomic mass is 16.5. The third-order valence-corrected chi connectivity index (χ3v) is 3.04. The zero-order valence-electron chi connectivity index (χ0n) is 12.0. The van der Waals surface area contributed by atoms with Crippen LogP contribution >= 0.6 is 0 Å². The van der Waals surface area contributed by atoms with Crippen molar-refractivity contribution in [2.45, 2.75) is 12.6 Å². The van der Waals surface area contributed by atoms with Crippen LogP contribution in [0.2, 0.25) is 0 Å². The van der Waals surface area contributed by atoms with Gasteiger partial charge in [-0.15, -0.1) is 0 Å². The number of rotatable bonds is 6. The van der Waals surface area contributed by atoms with E-state index in [1.807, 2.05) is 60.7 Å². The first-order valence-electron chi connectivity index (χ1n) is 6.80. The molecule has 0 fully saturated rings. The molecule has 1 amide bonds. The van der Waals surface area contributed by atoms with Crippen LogP contribution in [0.15, 0.2) is 60.7 Å². The van der Waals surface area contributed by atoms with E-state index in [0.29, 0.717) is 6.61 Å². The molecule has 4 nitrogen and oxygen atoms in total. The van der Waals surface area contributed by atoms with Gasteiger partial charge in [-0.25, -0.2) is 4.79 Å². The van der Waals surface area contributed by atoms with Crippen LogP contribution in [0.25, 0.3) is 0 Å². The molecule has 1 atom stereocenters. The lowest BCUT2D eigenvalue weighted by Gasteiger charge is -2.18. The van der Waals surface area contributed by atoms with Gasteiger partial charge in [0.25, 0.3) is 0 Å². The standard InChI is InChI=1S/C17H19NO3/c1-20-13-16(15-10-6-3-7-11-15)18-17(19)21-12-14-8-4-2-5-9-14/h2-11,16H,12-13H2,1H3,(H,18,19)/t16-/m0/s1. The van der Waals surface area contributed by atoms with Crippen LogP contribution in [-0.4, -0.2) is 19.8 Å². The molecule has 0 radical (unpaired) electrons. The van der Waals surface area contributed by atoms with Gasteiger partial charge >= 0.3 is 6.09 Å². The molecule has 4 heteroatoms. The summed E-state index contributed by atoms with van der Waals surface area (Å²) in [6.07, 6.45) is -0.454. The summed E-state index contributed by atoms with van der Waals surface area (Å²) < 4.78 is 10.4. The lowest BCUT2D eigenvalue weighted by Crippen LogP contribution is -2.31. The fraction of sp³-hybridized carbons (Fsp3) is 0.235. The monoisotopic (exact) mass is 285 g/mol. The molecule has 2 aromatic rings. The van der Waals surface area contributed by atoms with Gasteiger partial charge in [-0.05, 0) is 11.1 Å². The quantitative estimate of drug-likeness (QED) is 0.886. The van der Waals surface area contributed by atoms with Gasteiger partial charge in [-0.1, -0.05) is 60.7 Å². The predicted octanol–water partition coefficient (Wildman–Crippen LogP) is 3.30.